The molecule has 5 heteroatoms. The average Bonchev–Trinajstić information content (AvgIpc) is 2.54. The molecule has 3 nitrogen and oxygen atoms in total. The Hall–Kier alpha value is -1.46. The summed E-state index contributed by atoms with van der Waals surface area (Å²) < 4.78 is 0.634. The van der Waals surface area contributed by atoms with Gasteiger partial charge in [-0.1, -0.05) is 37.3 Å². The van der Waals surface area contributed by atoms with Crippen molar-refractivity contribution in [2.75, 3.05) is 11.5 Å². The second-order valence-corrected chi connectivity index (χ2v) is 7.28. The van der Waals surface area contributed by atoms with E-state index in [0.717, 1.165) is 29.9 Å². The maximum absolute atomic E-state index is 12.2. The van der Waals surface area contributed by atoms with E-state index < -0.39 is 11.8 Å². The van der Waals surface area contributed by atoms with Gasteiger partial charge < -0.3 is 5.11 Å². The molecule has 1 N–H and O–H groups in total. The van der Waals surface area contributed by atoms with Crippen molar-refractivity contribution >= 4 is 41.4 Å². The van der Waals surface area contributed by atoms with Gasteiger partial charge in [0.25, 0.3) is 0 Å². The molecule has 2 rings (SSSR count). The fourth-order valence-electron chi connectivity index (χ4n) is 1.99. The quantitative estimate of drug-likeness (QED) is 0.501. The van der Waals surface area contributed by atoms with Gasteiger partial charge in [-0.25, -0.2) is 4.79 Å². The number of carbonyl (C=O) groups is 2. The first-order valence-corrected chi connectivity index (χ1v) is 9.13. The van der Waals surface area contributed by atoms with E-state index in [2.05, 4.69) is 6.92 Å². The number of aliphatic carboxylic acids is 1. The van der Waals surface area contributed by atoms with Gasteiger partial charge in [0.15, 0.2) is 5.78 Å². The third-order valence-corrected chi connectivity index (χ3v) is 5.86. The van der Waals surface area contributed by atoms with Crippen molar-refractivity contribution in [2.24, 2.45) is 0 Å². The number of thioether (sulfide) groups is 2. The van der Waals surface area contributed by atoms with Gasteiger partial charge in [-0.15, -0.1) is 23.5 Å². The zero-order valence-electron chi connectivity index (χ0n) is 12.4. The lowest BCUT2D eigenvalue weighted by atomic mass is 10.1. The summed E-state index contributed by atoms with van der Waals surface area (Å²) in [7, 11) is 0. The average molecular weight is 334 g/mol. The molecule has 0 saturated carbocycles. The molecule has 0 amide bonds. The Bertz CT molecular complexity index is 607. The van der Waals surface area contributed by atoms with Crippen LogP contribution in [-0.2, 0) is 16.0 Å². The van der Waals surface area contributed by atoms with E-state index in [1.165, 1.54) is 35.2 Å². The number of carboxylic acids is 1. The SMILES string of the molecule is CCc1ccc(/C=C/C(=O)C(C(=O)O)=C2SCCCS2)cc1. The van der Waals surface area contributed by atoms with Crippen molar-refractivity contribution in [3.05, 3.63) is 51.3 Å². The van der Waals surface area contributed by atoms with Gasteiger partial charge in [0.1, 0.15) is 5.57 Å². The van der Waals surface area contributed by atoms with E-state index in [1.807, 2.05) is 24.3 Å². The van der Waals surface area contributed by atoms with Gasteiger partial charge in [-0.05, 0) is 41.6 Å². The van der Waals surface area contributed by atoms with Crippen LogP contribution < -0.4 is 0 Å². The molecule has 0 radical (unpaired) electrons. The molecule has 0 aliphatic carbocycles. The number of aryl methyl sites for hydroxylation is 1. The van der Waals surface area contributed by atoms with Crippen LogP contribution in [0.4, 0.5) is 0 Å². The van der Waals surface area contributed by atoms with Crippen molar-refractivity contribution in [1.82, 2.24) is 0 Å². The Balaban J connectivity index is 2.17. The number of allylic oxidation sites excluding steroid dienone is 1. The summed E-state index contributed by atoms with van der Waals surface area (Å²) in [6.07, 6.45) is 5.03. The Kier molecular flexibility index (Phi) is 6.34. The van der Waals surface area contributed by atoms with Gasteiger partial charge in [-0.3, -0.25) is 4.79 Å². The molecule has 0 bridgehead atoms. The lowest BCUT2D eigenvalue weighted by Crippen LogP contribution is -2.13. The van der Waals surface area contributed by atoms with Crippen LogP contribution in [-0.4, -0.2) is 28.4 Å². The number of hydrogen-bond acceptors (Lipinski definition) is 4. The van der Waals surface area contributed by atoms with E-state index >= 15 is 0 Å². The minimum atomic E-state index is -1.15. The molecule has 1 saturated heterocycles. The smallest absolute Gasteiger partial charge is 0.341 e. The van der Waals surface area contributed by atoms with Crippen LogP contribution in [0.2, 0.25) is 0 Å². The highest BCUT2D eigenvalue weighted by molar-refractivity contribution is 8.22. The molecular weight excluding hydrogens is 316 g/mol. The van der Waals surface area contributed by atoms with Crippen LogP contribution in [0.25, 0.3) is 6.08 Å². The van der Waals surface area contributed by atoms with Crippen molar-refractivity contribution in [1.29, 1.82) is 0 Å². The highest BCUT2D eigenvalue weighted by atomic mass is 32.2. The number of benzene rings is 1. The van der Waals surface area contributed by atoms with Gasteiger partial charge in [0.05, 0.1) is 4.24 Å². The predicted octanol–water partition coefficient (Wildman–Crippen LogP) is 4.00. The minimum absolute atomic E-state index is 0.101. The topological polar surface area (TPSA) is 54.4 Å². The third-order valence-electron chi connectivity index (χ3n) is 3.23. The molecule has 1 aromatic carbocycles. The molecule has 1 fully saturated rings. The lowest BCUT2D eigenvalue weighted by Gasteiger charge is -2.14. The van der Waals surface area contributed by atoms with E-state index in [0.29, 0.717) is 4.24 Å². The molecule has 116 valence electrons. The summed E-state index contributed by atoms with van der Waals surface area (Å²) in [5.41, 5.74) is 2.02. The molecular formula is C17H18O3S2. The second-order valence-electron chi connectivity index (χ2n) is 4.81. The normalized spacial score (nSPS) is 15.0. The number of carboxylic acid groups (broad SMARTS) is 1. The van der Waals surface area contributed by atoms with Gasteiger partial charge in [0, 0.05) is 0 Å². The van der Waals surface area contributed by atoms with Gasteiger partial charge >= 0.3 is 5.97 Å². The summed E-state index contributed by atoms with van der Waals surface area (Å²) in [5.74, 6) is 0.153. The maximum atomic E-state index is 12.2. The maximum Gasteiger partial charge on any atom is 0.341 e. The standard InChI is InChI=1S/C17H18O3S2/c1-2-12-4-6-13(7-5-12)8-9-14(18)15(16(19)20)17-21-10-3-11-22-17/h4-9H,2-3,10-11H2,1H3,(H,19,20)/b9-8+. The molecule has 0 spiro atoms. The van der Waals surface area contributed by atoms with Crippen LogP contribution >= 0.6 is 23.5 Å². The lowest BCUT2D eigenvalue weighted by molar-refractivity contribution is -0.134. The number of hydrogen-bond donors (Lipinski definition) is 1. The number of carbonyl (C=O) groups excluding carboxylic acids is 1. The number of rotatable bonds is 5. The van der Waals surface area contributed by atoms with Crippen molar-refractivity contribution < 1.29 is 14.7 Å². The van der Waals surface area contributed by atoms with Crippen LogP contribution in [0.3, 0.4) is 0 Å². The third kappa shape index (κ3) is 4.52. The largest absolute Gasteiger partial charge is 0.477 e. The summed E-state index contributed by atoms with van der Waals surface area (Å²) in [6, 6.07) is 7.88. The molecule has 0 aromatic heterocycles. The predicted molar refractivity (Wildman–Crippen MR) is 94.1 cm³/mol. The van der Waals surface area contributed by atoms with Crippen molar-refractivity contribution in [3.8, 4) is 0 Å². The Morgan fingerprint density at radius 3 is 2.36 bits per heavy atom. The van der Waals surface area contributed by atoms with Gasteiger partial charge in [-0.2, -0.15) is 0 Å². The first-order chi connectivity index (χ1) is 10.6. The van der Waals surface area contributed by atoms with Gasteiger partial charge in [0.2, 0.25) is 0 Å². The summed E-state index contributed by atoms with van der Waals surface area (Å²) in [4.78, 5) is 23.6. The molecule has 0 atom stereocenters. The van der Waals surface area contributed by atoms with E-state index in [9.17, 15) is 14.7 Å². The highest BCUT2D eigenvalue weighted by Gasteiger charge is 2.23. The van der Waals surface area contributed by atoms with Crippen LogP contribution in [0.5, 0.6) is 0 Å². The zero-order valence-corrected chi connectivity index (χ0v) is 14.0. The van der Waals surface area contributed by atoms with E-state index in [4.69, 9.17) is 0 Å². The Morgan fingerprint density at radius 1 is 1.18 bits per heavy atom. The number of ketones is 1. The summed E-state index contributed by atoms with van der Waals surface area (Å²) >= 11 is 2.92. The molecule has 22 heavy (non-hydrogen) atoms. The van der Waals surface area contributed by atoms with Crippen molar-refractivity contribution in [2.45, 2.75) is 19.8 Å². The molecule has 0 unspecified atom stereocenters. The van der Waals surface area contributed by atoms with E-state index in [-0.39, 0.29) is 5.57 Å². The zero-order chi connectivity index (χ0) is 15.9. The fraction of sp³-hybridized carbons (Fsp3) is 0.294. The first-order valence-electron chi connectivity index (χ1n) is 7.16. The first kappa shape index (κ1) is 16.9. The Labute approximate surface area is 138 Å². The summed E-state index contributed by atoms with van der Waals surface area (Å²) in [6.45, 7) is 2.08. The van der Waals surface area contributed by atoms with Crippen LogP contribution in [0.1, 0.15) is 24.5 Å². The highest BCUT2D eigenvalue weighted by Crippen LogP contribution is 2.37. The molecule has 1 aliphatic rings. The Morgan fingerprint density at radius 2 is 1.82 bits per heavy atom. The molecule has 1 aliphatic heterocycles. The van der Waals surface area contributed by atoms with Crippen LogP contribution in [0, 0.1) is 0 Å². The second kappa shape index (κ2) is 8.25. The molecule has 1 aromatic rings. The minimum Gasteiger partial charge on any atom is -0.477 e. The monoisotopic (exact) mass is 334 g/mol. The van der Waals surface area contributed by atoms with Crippen LogP contribution in [0.15, 0.2) is 40.2 Å². The van der Waals surface area contributed by atoms with E-state index in [1.54, 1.807) is 6.08 Å². The molecule has 1 heterocycles. The fourth-order valence-corrected chi connectivity index (χ4v) is 4.62. The summed E-state index contributed by atoms with van der Waals surface area (Å²) in [5, 5.41) is 9.32. The van der Waals surface area contributed by atoms with Crippen molar-refractivity contribution in [3.63, 3.8) is 0 Å².